The summed E-state index contributed by atoms with van der Waals surface area (Å²) >= 11 is 0. The van der Waals surface area contributed by atoms with Crippen LogP contribution in [0.3, 0.4) is 0 Å². The number of hydrogen-bond donors (Lipinski definition) is 2. The van der Waals surface area contributed by atoms with Gasteiger partial charge in [-0.2, -0.15) is 0 Å². The molecule has 10 heteroatoms. The van der Waals surface area contributed by atoms with Gasteiger partial charge in [0.05, 0.1) is 12.2 Å². The number of carbonyl (C=O) groups is 4. The van der Waals surface area contributed by atoms with Gasteiger partial charge >= 0.3 is 18.0 Å². The number of carboxylic acids is 1. The summed E-state index contributed by atoms with van der Waals surface area (Å²) in [5, 5.41) is 12.8. The normalized spacial score (nSPS) is 22.6. The van der Waals surface area contributed by atoms with Crippen LogP contribution in [0.1, 0.15) is 51.2 Å². The highest BCUT2D eigenvalue weighted by atomic mass is 16.6. The summed E-state index contributed by atoms with van der Waals surface area (Å²) in [5.41, 5.74) is 0.989. The Kier molecular flexibility index (Phi) is 9.32. The topological polar surface area (TPSA) is 135 Å². The van der Waals surface area contributed by atoms with Crippen molar-refractivity contribution in [1.82, 2.24) is 5.32 Å². The number of alkyl carbamates (subject to hydrolysis) is 1. The van der Waals surface area contributed by atoms with E-state index in [2.05, 4.69) is 26.1 Å². The highest BCUT2D eigenvalue weighted by Gasteiger charge is 2.61. The van der Waals surface area contributed by atoms with Crippen LogP contribution in [0.2, 0.25) is 0 Å². The largest absolute Gasteiger partial charge is 0.481 e. The van der Waals surface area contributed by atoms with Crippen LogP contribution in [0.15, 0.2) is 83.5 Å². The van der Waals surface area contributed by atoms with Crippen molar-refractivity contribution in [2.45, 2.75) is 65.2 Å². The molecule has 238 valence electrons. The zero-order valence-corrected chi connectivity index (χ0v) is 25.8. The summed E-state index contributed by atoms with van der Waals surface area (Å²) in [5.74, 6) is -3.75. The van der Waals surface area contributed by atoms with Gasteiger partial charge in [0, 0.05) is 16.9 Å². The Morgan fingerprint density at radius 1 is 0.978 bits per heavy atom. The molecule has 0 saturated heterocycles. The van der Waals surface area contributed by atoms with E-state index in [0.717, 1.165) is 24.2 Å². The van der Waals surface area contributed by atoms with Crippen LogP contribution in [0, 0.1) is 22.7 Å². The van der Waals surface area contributed by atoms with Gasteiger partial charge in [0.1, 0.15) is 25.3 Å². The van der Waals surface area contributed by atoms with Crippen LogP contribution in [-0.4, -0.2) is 47.7 Å². The Bertz CT molecular complexity index is 1490. The monoisotopic (exact) mass is 616 g/mol. The number of carbonyl (C=O) groups excluding carboxylic acids is 3. The van der Waals surface area contributed by atoms with E-state index in [9.17, 15) is 24.3 Å². The van der Waals surface area contributed by atoms with Crippen LogP contribution >= 0.6 is 0 Å². The molecular weight excluding hydrogens is 576 g/mol. The second-order valence-electron chi connectivity index (χ2n) is 13.0. The third-order valence-corrected chi connectivity index (χ3v) is 9.48. The van der Waals surface area contributed by atoms with E-state index in [1.54, 1.807) is 60.7 Å². The maximum absolute atomic E-state index is 14.3. The number of rotatable bonds is 12. The molecule has 0 aliphatic heterocycles. The fraction of sp³-hybridized carbons (Fsp3) is 0.429. The zero-order valence-electron chi connectivity index (χ0n) is 25.8. The number of fused-ring (bicyclic) bond motifs is 2. The number of nitrogens with one attached hydrogen (secondary N) is 1. The molecule has 0 spiro atoms. The minimum Gasteiger partial charge on any atom is -0.481 e. The third-order valence-electron chi connectivity index (χ3n) is 9.48. The molecule has 2 amide bonds. The molecule has 1 heterocycles. The van der Waals surface area contributed by atoms with E-state index in [0.29, 0.717) is 17.0 Å². The lowest BCUT2D eigenvalue weighted by Gasteiger charge is -2.42. The smallest absolute Gasteiger partial charge is 0.408 e. The van der Waals surface area contributed by atoms with Gasteiger partial charge in [0.15, 0.2) is 0 Å². The lowest BCUT2D eigenvalue weighted by atomic mass is 9.70. The van der Waals surface area contributed by atoms with Crippen LogP contribution in [0.5, 0.6) is 0 Å². The Morgan fingerprint density at radius 3 is 2.22 bits per heavy atom. The van der Waals surface area contributed by atoms with Crippen molar-refractivity contribution in [1.29, 1.82) is 0 Å². The Balaban J connectivity index is 1.40. The van der Waals surface area contributed by atoms with Gasteiger partial charge in [-0.15, -0.1) is 0 Å². The lowest BCUT2D eigenvalue weighted by Crippen LogP contribution is -2.56. The number of benzene rings is 2. The number of furan rings is 1. The standard InChI is InChI=1S/C35H40N2O8/c1-34(2)25-16-17-35(3,20-25)32(34)45-28(38)21-37(27-15-10-18-43-27)30(39)29(26(31(40)41)19-23-11-6-4-7-12-23)36-33(42)44-22-24-13-8-5-9-14-24/h4-15,18,25-26,29,32H,16-17,19-22H2,1-3H3,(H,36,42)(H,40,41)/t25?,26?,29-,32?,35?/m0/s1. The first-order valence-electron chi connectivity index (χ1n) is 15.3. The first kappa shape index (κ1) is 31.8. The molecule has 3 aromatic rings. The molecule has 2 aromatic carbocycles. The van der Waals surface area contributed by atoms with E-state index < -0.39 is 42.4 Å². The highest BCUT2D eigenvalue weighted by Crippen LogP contribution is 2.63. The Labute approximate surface area is 262 Å². The van der Waals surface area contributed by atoms with Crippen molar-refractivity contribution in [3.05, 3.63) is 90.2 Å². The molecule has 45 heavy (non-hydrogen) atoms. The lowest BCUT2D eigenvalue weighted by molar-refractivity contribution is -0.163. The minimum absolute atomic E-state index is 0.0173. The average molecular weight is 617 g/mol. The van der Waals surface area contributed by atoms with E-state index in [1.807, 2.05) is 6.07 Å². The molecule has 2 fully saturated rings. The molecule has 2 aliphatic rings. The fourth-order valence-corrected chi connectivity index (χ4v) is 7.15. The van der Waals surface area contributed by atoms with Gasteiger partial charge in [-0.25, -0.2) is 4.79 Å². The summed E-state index contributed by atoms with van der Waals surface area (Å²) in [6.45, 7) is 5.73. The van der Waals surface area contributed by atoms with E-state index >= 15 is 0 Å². The first-order valence-corrected chi connectivity index (χ1v) is 15.3. The zero-order chi connectivity index (χ0) is 32.2. The average Bonchev–Trinajstić information content (AvgIpc) is 3.74. The molecule has 5 atom stereocenters. The van der Waals surface area contributed by atoms with Crippen molar-refractivity contribution in [3.8, 4) is 0 Å². The van der Waals surface area contributed by atoms with Gasteiger partial charge < -0.3 is 24.3 Å². The summed E-state index contributed by atoms with van der Waals surface area (Å²) in [4.78, 5) is 54.6. The molecule has 0 radical (unpaired) electrons. The molecular formula is C35H40N2O8. The molecule has 5 rings (SSSR count). The molecule has 10 nitrogen and oxygen atoms in total. The molecule has 4 unspecified atom stereocenters. The van der Waals surface area contributed by atoms with Crippen molar-refractivity contribution in [2.75, 3.05) is 11.4 Å². The number of ether oxygens (including phenoxy) is 2. The molecule has 2 saturated carbocycles. The first-order chi connectivity index (χ1) is 21.5. The molecule has 2 aliphatic carbocycles. The van der Waals surface area contributed by atoms with Gasteiger partial charge in [-0.1, -0.05) is 81.4 Å². The van der Waals surface area contributed by atoms with Crippen LogP contribution in [-0.2, 0) is 36.9 Å². The second kappa shape index (κ2) is 13.2. The highest BCUT2D eigenvalue weighted by molar-refractivity contribution is 6.03. The van der Waals surface area contributed by atoms with Crippen LogP contribution in [0.4, 0.5) is 10.7 Å². The minimum atomic E-state index is -1.61. The van der Waals surface area contributed by atoms with E-state index in [-0.39, 0.29) is 35.8 Å². The maximum atomic E-state index is 14.3. The number of hydrogen-bond acceptors (Lipinski definition) is 7. The number of aliphatic carboxylic acids is 1. The van der Waals surface area contributed by atoms with Gasteiger partial charge in [-0.3, -0.25) is 19.3 Å². The predicted molar refractivity (Wildman–Crippen MR) is 165 cm³/mol. The van der Waals surface area contributed by atoms with Crippen LogP contribution < -0.4 is 10.2 Å². The maximum Gasteiger partial charge on any atom is 0.408 e. The molecule has 1 aromatic heterocycles. The summed E-state index contributed by atoms with van der Waals surface area (Å²) in [7, 11) is 0. The SMILES string of the molecule is CC12CCC(C1)C(C)(C)C2OC(=O)CN(C(=O)[C@@H](NC(=O)OCc1ccccc1)C(Cc1ccccc1)C(=O)O)c1ccco1. The van der Waals surface area contributed by atoms with Gasteiger partial charge in [0.25, 0.3) is 5.91 Å². The summed E-state index contributed by atoms with van der Waals surface area (Å²) in [6, 6.07) is 19.2. The summed E-state index contributed by atoms with van der Waals surface area (Å²) < 4.78 is 17.0. The van der Waals surface area contributed by atoms with Crippen LogP contribution in [0.25, 0.3) is 0 Å². The summed E-state index contributed by atoms with van der Waals surface area (Å²) in [6.07, 6.45) is 2.97. The molecule has 2 N–H and O–H groups in total. The second-order valence-corrected chi connectivity index (χ2v) is 13.0. The quantitative estimate of drug-likeness (QED) is 0.251. The van der Waals surface area contributed by atoms with Crippen molar-refractivity contribution in [3.63, 3.8) is 0 Å². The van der Waals surface area contributed by atoms with Gasteiger partial charge in [-0.05, 0) is 48.8 Å². The van der Waals surface area contributed by atoms with Crippen molar-refractivity contribution in [2.24, 2.45) is 22.7 Å². The predicted octanol–water partition coefficient (Wildman–Crippen LogP) is 5.61. The molecule has 2 bridgehead atoms. The number of nitrogens with zero attached hydrogens (tertiary/aromatic N) is 1. The number of esters is 1. The number of anilines is 1. The number of carboxylic acid groups (broad SMARTS) is 1. The van der Waals surface area contributed by atoms with Crippen molar-refractivity contribution >= 4 is 29.8 Å². The third kappa shape index (κ3) is 7.05. The Hall–Kier alpha value is -4.60. The Morgan fingerprint density at radius 2 is 1.64 bits per heavy atom. The van der Waals surface area contributed by atoms with E-state index in [4.69, 9.17) is 13.9 Å². The number of amides is 2. The van der Waals surface area contributed by atoms with Crippen molar-refractivity contribution < 1.29 is 38.2 Å². The van der Waals surface area contributed by atoms with E-state index in [1.165, 1.54) is 12.3 Å². The van der Waals surface area contributed by atoms with Gasteiger partial charge in [0.2, 0.25) is 5.88 Å². The fourth-order valence-electron chi connectivity index (χ4n) is 7.15.